The Morgan fingerprint density at radius 1 is 1.16 bits per heavy atom. The fourth-order valence-electron chi connectivity index (χ4n) is 3.12. The molecule has 1 saturated heterocycles. The van der Waals surface area contributed by atoms with Crippen LogP contribution in [0.3, 0.4) is 0 Å². The predicted octanol–water partition coefficient (Wildman–Crippen LogP) is 2.09. The van der Waals surface area contributed by atoms with E-state index in [9.17, 15) is 35.9 Å². The number of hydrogen-bond donors (Lipinski definition) is 2. The van der Waals surface area contributed by atoms with E-state index in [0.717, 1.165) is 12.1 Å². The van der Waals surface area contributed by atoms with Crippen LogP contribution >= 0.6 is 0 Å². The first kappa shape index (κ1) is 24.9. The number of ether oxygens (including phenoxy) is 1. The number of anilines is 2. The summed E-state index contributed by atoms with van der Waals surface area (Å²) in [7, 11) is 0. The number of hydrogen-bond acceptors (Lipinski definition) is 5. The molecule has 2 rings (SSSR count). The molecule has 1 heterocycles. The Hall–Kier alpha value is -2.38. The Labute approximate surface area is 174 Å². The summed E-state index contributed by atoms with van der Waals surface area (Å²) in [5.41, 5.74) is 4.60. The van der Waals surface area contributed by atoms with E-state index >= 15 is 0 Å². The van der Waals surface area contributed by atoms with Crippen molar-refractivity contribution in [1.29, 1.82) is 0 Å². The molecule has 1 atom stereocenters. The summed E-state index contributed by atoms with van der Waals surface area (Å²) in [4.78, 5) is 26.2. The molecule has 1 aliphatic heterocycles. The summed E-state index contributed by atoms with van der Waals surface area (Å²) >= 11 is 0. The average Bonchev–Trinajstić information content (AvgIpc) is 2.68. The van der Waals surface area contributed by atoms with Crippen LogP contribution in [-0.2, 0) is 14.3 Å². The van der Waals surface area contributed by atoms with Gasteiger partial charge < -0.3 is 20.7 Å². The number of rotatable bonds is 10. The molecule has 31 heavy (non-hydrogen) atoms. The Morgan fingerprint density at radius 3 is 2.32 bits per heavy atom. The smallest absolute Gasteiger partial charge is 0.265 e. The maximum atomic E-state index is 13.6. The van der Waals surface area contributed by atoms with Gasteiger partial charge in [0.05, 0.1) is 19.7 Å². The summed E-state index contributed by atoms with van der Waals surface area (Å²) in [6.45, 7) is -2.70. The summed E-state index contributed by atoms with van der Waals surface area (Å²) in [5, 5.41) is 2.15. The number of amides is 2. The summed E-state index contributed by atoms with van der Waals surface area (Å²) in [6, 6.07) is 1.86. The fourth-order valence-corrected chi connectivity index (χ4v) is 3.12. The van der Waals surface area contributed by atoms with Crippen LogP contribution < -0.4 is 16.0 Å². The van der Waals surface area contributed by atoms with Gasteiger partial charge in [0.15, 0.2) is 0 Å². The molecule has 3 N–H and O–H groups in total. The normalized spacial score (nSPS) is 16.0. The molecule has 174 valence electrons. The van der Waals surface area contributed by atoms with Crippen LogP contribution in [0.25, 0.3) is 0 Å². The highest BCUT2D eigenvalue weighted by molar-refractivity contribution is 5.97. The molecule has 0 saturated carbocycles. The molecule has 7 nitrogen and oxygen atoms in total. The van der Waals surface area contributed by atoms with Crippen molar-refractivity contribution in [3.8, 4) is 0 Å². The Kier molecular flexibility index (Phi) is 9.07. The highest BCUT2D eigenvalue weighted by Gasteiger charge is 2.30. The average molecular weight is 456 g/mol. The SMILES string of the molecule is NC[C@@H](C(=O)Nc1ccc(N2CCOCC2=O)cc1C(F)F)N(CC(F)F)CC(F)F. The van der Waals surface area contributed by atoms with Crippen LogP contribution in [0.15, 0.2) is 18.2 Å². The van der Waals surface area contributed by atoms with E-state index in [4.69, 9.17) is 10.5 Å². The van der Waals surface area contributed by atoms with Crippen molar-refractivity contribution in [3.63, 3.8) is 0 Å². The predicted molar refractivity (Wildman–Crippen MR) is 99.6 cm³/mol. The summed E-state index contributed by atoms with van der Waals surface area (Å²) < 4.78 is 83.2. The molecule has 1 aromatic rings. The van der Waals surface area contributed by atoms with E-state index in [-0.39, 0.29) is 31.1 Å². The van der Waals surface area contributed by atoms with Gasteiger partial charge in [0.1, 0.15) is 12.6 Å². The lowest BCUT2D eigenvalue weighted by Gasteiger charge is -2.30. The first-order valence-electron chi connectivity index (χ1n) is 9.25. The Morgan fingerprint density at radius 2 is 1.81 bits per heavy atom. The minimum absolute atomic E-state index is 0.151. The monoisotopic (exact) mass is 456 g/mol. The van der Waals surface area contributed by atoms with Gasteiger partial charge in [0, 0.05) is 30.0 Å². The zero-order valence-corrected chi connectivity index (χ0v) is 16.2. The molecule has 13 heteroatoms. The molecule has 1 aliphatic rings. The molecule has 2 amide bonds. The third kappa shape index (κ3) is 6.80. The molecular weight excluding hydrogens is 434 g/mol. The lowest BCUT2D eigenvalue weighted by Crippen LogP contribution is -2.51. The van der Waals surface area contributed by atoms with E-state index in [2.05, 4.69) is 5.32 Å². The molecule has 0 unspecified atom stereocenters. The van der Waals surface area contributed by atoms with Gasteiger partial charge >= 0.3 is 0 Å². The van der Waals surface area contributed by atoms with E-state index in [1.54, 1.807) is 0 Å². The zero-order valence-electron chi connectivity index (χ0n) is 16.2. The number of nitrogens with two attached hydrogens (primary N) is 1. The van der Waals surface area contributed by atoms with Crippen molar-refractivity contribution in [1.82, 2.24) is 4.90 Å². The van der Waals surface area contributed by atoms with Crippen LogP contribution in [0.4, 0.5) is 37.7 Å². The van der Waals surface area contributed by atoms with Gasteiger partial charge in [-0.3, -0.25) is 14.5 Å². The lowest BCUT2D eigenvalue weighted by molar-refractivity contribution is -0.125. The van der Waals surface area contributed by atoms with Crippen LogP contribution in [0.2, 0.25) is 0 Å². The van der Waals surface area contributed by atoms with Gasteiger partial charge in [-0.25, -0.2) is 26.3 Å². The number of nitrogens with zero attached hydrogens (tertiary/aromatic N) is 2. The molecule has 0 bridgehead atoms. The van der Waals surface area contributed by atoms with E-state index in [1.165, 1.54) is 11.0 Å². The topological polar surface area (TPSA) is 87.9 Å². The molecule has 0 aliphatic carbocycles. The van der Waals surface area contributed by atoms with Crippen molar-refractivity contribution in [2.75, 3.05) is 49.6 Å². The van der Waals surface area contributed by atoms with Crippen LogP contribution in [0, 0.1) is 0 Å². The van der Waals surface area contributed by atoms with Crippen molar-refractivity contribution < 1.29 is 40.7 Å². The van der Waals surface area contributed by atoms with Crippen molar-refractivity contribution in [3.05, 3.63) is 23.8 Å². The quantitative estimate of drug-likeness (QED) is 0.527. The van der Waals surface area contributed by atoms with E-state index < -0.39 is 62.3 Å². The number of carbonyl (C=O) groups excluding carboxylic acids is 2. The number of benzene rings is 1. The summed E-state index contributed by atoms with van der Waals surface area (Å²) in [5.74, 6) is -1.51. The number of halogens is 6. The highest BCUT2D eigenvalue weighted by atomic mass is 19.3. The third-order valence-corrected chi connectivity index (χ3v) is 4.54. The molecule has 1 aromatic carbocycles. The highest BCUT2D eigenvalue weighted by Crippen LogP contribution is 2.32. The lowest BCUT2D eigenvalue weighted by atomic mass is 10.1. The molecule has 0 spiro atoms. The van der Waals surface area contributed by atoms with Crippen LogP contribution in [0.5, 0.6) is 0 Å². The fraction of sp³-hybridized carbons (Fsp3) is 0.556. The van der Waals surface area contributed by atoms with Gasteiger partial charge in [0.25, 0.3) is 25.2 Å². The van der Waals surface area contributed by atoms with E-state index in [0.29, 0.717) is 4.90 Å². The van der Waals surface area contributed by atoms with Gasteiger partial charge in [0.2, 0.25) is 5.91 Å². The van der Waals surface area contributed by atoms with Crippen LogP contribution in [-0.4, -0.2) is 75.0 Å². The molecule has 1 fully saturated rings. The van der Waals surface area contributed by atoms with Crippen molar-refractivity contribution in [2.45, 2.75) is 25.3 Å². The van der Waals surface area contributed by atoms with Crippen molar-refractivity contribution >= 4 is 23.2 Å². The maximum Gasteiger partial charge on any atom is 0.265 e. The molecule has 0 radical (unpaired) electrons. The number of carbonyl (C=O) groups is 2. The number of alkyl halides is 6. The van der Waals surface area contributed by atoms with Gasteiger partial charge in [-0.1, -0.05) is 0 Å². The Bertz CT molecular complexity index is 758. The first-order valence-corrected chi connectivity index (χ1v) is 9.25. The minimum Gasteiger partial charge on any atom is -0.370 e. The second-order valence-corrected chi connectivity index (χ2v) is 6.65. The number of nitrogens with one attached hydrogen (secondary N) is 1. The Balaban J connectivity index is 2.26. The van der Waals surface area contributed by atoms with E-state index in [1.807, 2.05) is 0 Å². The van der Waals surface area contributed by atoms with Crippen molar-refractivity contribution in [2.24, 2.45) is 5.73 Å². The largest absolute Gasteiger partial charge is 0.370 e. The van der Waals surface area contributed by atoms with Gasteiger partial charge in [-0.15, -0.1) is 0 Å². The maximum absolute atomic E-state index is 13.6. The standard InChI is InChI=1S/C18H22F6N4O3/c19-14(20)7-27(8-15(21)22)13(6-25)18(30)26-12-2-1-10(5-11(12)17(23)24)28-3-4-31-9-16(28)29/h1-2,5,13-15,17H,3-4,6-9,25H2,(H,26,30)/t13-/m0/s1. The number of morpholine rings is 1. The first-order chi connectivity index (χ1) is 14.6. The zero-order chi connectivity index (χ0) is 23.1. The van der Waals surface area contributed by atoms with Gasteiger partial charge in [-0.05, 0) is 18.2 Å². The second kappa shape index (κ2) is 11.3. The van der Waals surface area contributed by atoms with Gasteiger partial charge in [-0.2, -0.15) is 0 Å². The minimum atomic E-state index is -3.05. The summed E-state index contributed by atoms with van der Waals surface area (Å²) in [6.07, 6.45) is -9.08. The second-order valence-electron chi connectivity index (χ2n) is 6.65. The molecule has 0 aromatic heterocycles. The molecular formula is C18H22F6N4O3. The third-order valence-electron chi connectivity index (χ3n) is 4.54. The van der Waals surface area contributed by atoms with Crippen LogP contribution in [0.1, 0.15) is 12.0 Å².